The molecule has 6 nitrogen and oxygen atoms in total. The summed E-state index contributed by atoms with van der Waals surface area (Å²) in [5.74, 6) is 0.961. The van der Waals surface area contributed by atoms with Gasteiger partial charge < -0.3 is 18.9 Å². The molecule has 0 aromatic heterocycles. The zero-order valence-electron chi connectivity index (χ0n) is 17.8. The number of methoxy groups -OCH3 is 2. The molecule has 0 N–H and O–H groups in total. The van der Waals surface area contributed by atoms with Crippen molar-refractivity contribution < 1.29 is 23.7 Å². The molecule has 0 spiro atoms. The lowest BCUT2D eigenvalue weighted by molar-refractivity contribution is -0.129. The van der Waals surface area contributed by atoms with E-state index >= 15 is 0 Å². The van der Waals surface area contributed by atoms with E-state index in [1.54, 1.807) is 42.5 Å². The second kappa shape index (κ2) is 10.1. The highest BCUT2D eigenvalue weighted by Gasteiger charge is 2.26. The number of ether oxygens (including phenoxy) is 4. The van der Waals surface area contributed by atoms with E-state index in [-0.39, 0.29) is 11.6 Å². The van der Waals surface area contributed by atoms with Crippen molar-refractivity contribution in [3.05, 3.63) is 92.5 Å². The largest absolute Gasteiger partial charge is 0.493 e. The molecule has 1 aliphatic rings. The van der Waals surface area contributed by atoms with E-state index in [1.807, 2.05) is 24.3 Å². The molecule has 0 saturated heterocycles. The summed E-state index contributed by atoms with van der Waals surface area (Å²) < 4.78 is 23.3. The lowest BCUT2D eigenvalue weighted by Crippen LogP contribution is -2.05. The van der Waals surface area contributed by atoms with Crippen molar-refractivity contribution in [2.75, 3.05) is 14.2 Å². The predicted octanol–water partition coefficient (Wildman–Crippen LogP) is 6.04. The molecule has 33 heavy (non-hydrogen) atoms. The molecule has 0 unspecified atom stereocenters. The van der Waals surface area contributed by atoms with E-state index in [9.17, 15) is 4.79 Å². The number of hydrogen-bond acceptors (Lipinski definition) is 6. The van der Waals surface area contributed by atoms with Crippen molar-refractivity contribution in [3.63, 3.8) is 0 Å². The highest BCUT2D eigenvalue weighted by Crippen LogP contribution is 2.40. The number of halogens is 2. The molecule has 0 atom stereocenters. The number of hydrogen-bond donors (Lipinski definition) is 0. The molecule has 168 valence electrons. The van der Waals surface area contributed by atoms with Gasteiger partial charge in [0.05, 0.1) is 24.8 Å². The van der Waals surface area contributed by atoms with Crippen LogP contribution in [0.2, 0.25) is 5.02 Å². The number of carbonyl (C=O) groups excluding carboxylic acids is 1. The van der Waals surface area contributed by atoms with Gasteiger partial charge in [0, 0.05) is 4.47 Å². The van der Waals surface area contributed by atoms with Gasteiger partial charge in [0.25, 0.3) is 0 Å². The zero-order chi connectivity index (χ0) is 23.4. The molecule has 0 saturated carbocycles. The van der Waals surface area contributed by atoms with Crippen molar-refractivity contribution in [2.45, 2.75) is 6.61 Å². The highest BCUT2D eigenvalue weighted by atomic mass is 79.9. The van der Waals surface area contributed by atoms with Gasteiger partial charge in [-0.25, -0.2) is 9.79 Å². The summed E-state index contributed by atoms with van der Waals surface area (Å²) in [4.78, 5) is 16.7. The van der Waals surface area contributed by atoms with Crippen LogP contribution in [0.5, 0.6) is 17.2 Å². The van der Waals surface area contributed by atoms with Crippen LogP contribution in [-0.2, 0) is 16.1 Å². The second-order valence-electron chi connectivity index (χ2n) is 6.99. The van der Waals surface area contributed by atoms with E-state index in [1.165, 1.54) is 14.2 Å². The van der Waals surface area contributed by atoms with Crippen LogP contribution in [0.4, 0.5) is 0 Å². The van der Waals surface area contributed by atoms with Crippen LogP contribution in [-0.4, -0.2) is 26.1 Å². The van der Waals surface area contributed by atoms with Crippen molar-refractivity contribution >= 4 is 45.5 Å². The molecule has 0 bridgehead atoms. The third kappa shape index (κ3) is 5.21. The zero-order valence-corrected chi connectivity index (χ0v) is 20.1. The average molecular weight is 529 g/mol. The lowest BCUT2D eigenvalue weighted by atomic mass is 10.1. The van der Waals surface area contributed by atoms with Crippen molar-refractivity contribution in [1.29, 1.82) is 0 Å². The number of cyclic esters (lactones) is 1. The standard InChI is InChI=1S/C25H19BrClNO5/c1-30-21-12-16(11-20-25(29)33-24(28-20)18-5-3-4-6-19(18)27)13-22(31-2)23(21)32-14-15-7-9-17(26)10-8-15/h3-13H,14H2,1-2H3/b20-11+. The van der Waals surface area contributed by atoms with Crippen molar-refractivity contribution in [3.8, 4) is 17.2 Å². The number of rotatable bonds is 7. The van der Waals surface area contributed by atoms with Gasteiger partial charge in [0.15, 0.2) is 17.2 Å². The average Bonchev–Trinajstić information content (AvgIpc) is 3.18. The quantitative estimate of drug-likeness (QED) is 0.276. The fourth-order valence-electron chi connectivity index (χ4n) is 3.18. The summed E-state index contributed by atoms with van der Waals surface area (Å²) >= 11 is 9.62. The van der Waals surface area contributed by atoms with E-state index < -0.39 is 5.97 Å². The molecule has 0 radical (unpaired) electrons. The van der Waals surface area contributed by atoms with Gasteiger partial charge in [0.2, 0.25) is 11.6 Å². The maximum absolute atomic E-state index is 12.4. The summed E-state index contributed by atoms with van der Waals surface area (Å²) in [5, 5.41) is 0.445. The minimum atomic E-state index is -0.571. The minimum absolute atomic E-state index is 0.137. The first-order valence-electron chi connectivity index (χ1n) is 9.89. The molecule has 3 aromatic rings. The molecular weight excluding hydrogens is 510 g/mol. The Morgan fingerprint density at radius 3 is 2.33 bits per heavy atom. The summed E-state index contributed by atoms with van der Waals surface area (Å²) in [7, 11) is 3.07. The first-order chi connectivity index (χ1) is 16.0. The highest BCUT2D eigenvalue weighted by molar-refractivity contribution is 9.10. The Balaban J connectivity index is 1.63. The van der Waals surface area contributed by atoms with Crippen LogP contribution in [0.15, 0.2) is 75.8 Å². The summed E-state index contributed by atoms with van der Waals surface area (Å²) in [5.41, 5.74) is 2.31. The van der Waals surface area contributed by atoms with Gasteiger partial charge in [-0.05, 0) is 53.6 Å². The van der Waals surface area contributed by atoms with Gasteiger partial charge >= 0.3 is 5.97 Å². The van der Waals surface area contributed by atoms with Gasteiger partial charge in [-0.3, -0.25) is 0 Å². The Morgan fingerprint density at radius 2 is 1.70 bits per heavy atom. The maximum atomic E-state index is 12.4. The van der Waals surface area contributed by atoms with Gasteiger partial charge in [-0.2, -0.15) is 0 Å². The molecule has 1 aliphatic heterocycles. The topological polar surface area (TPSA) is 66.4 Å². The van der Waals surface area contributed by atoms with Gasteiger partial charge in [-0.15, -0.1) is 0 Å². The van der Waals surface area contributed by atoms with E-state index in [0.29, 0.717) is 40.0 Å². The fraction of sp³-hybridized carbons (Fsp3) is 0.120. The number of nitrogens with zero attached hydrogens (tertiary/aromatic N) is 1. The molecule has 1 heterocycles. The molecule has 4 rings (SSSR count). The predicted molar refractivity (Wildman–Crippen MR) is 130 cm³/mol. The first-order valence-corrected chi connectivity index (χ1v) is 11.1. The van der Waals surface area contributed by atoms with Crippen LogP contribution in [0, 0.1) is 0 Å². The summed E-state index contributed by atoms with van der Waals surface area (Å²) in [6.07, 6.45) is 1.59. The molecular formula is C25H19BrClNO5. The maximum Gasteiger partial charge on any atom is 0.363 e. The Morgan fingerprint density at radius 1 is 1.03 bits per heavy atom. The van der Waals surface area contributed by atoms with Gasteiger partial charge in [-0.1, -0.05) is 51.8 Å². The van der Waals surface area contributed by atoms with E-state index in [4.69, 9.17) is 30.5 Å². The SMILES string of the molecule is COc1cc(/C=C2/N=C(c3ccccc3Cl)OC2=O)cc(OC)c1OCc1ccc(Br)cc1. The number of aliphatic imine (C=N–C) groups is 1. The van der Waals surface area contributed by atoms with Crippen LogP contribution >= 0.6 is 27.5 Å². The van der Waals surface area contributed by atoms with Crippen LogP contribution < -0.4 is 14.2 Å². The Hall–Kier alpha value is -3.29. The first kappa shape index (κ1) is 22.9. The monoisotopic (exact) mass is 527 g/mol. The smallest absolute Gasteiger partial charge is 0.363 e. The van der Waals surface area contributed by atoms with Crippen molar-refractivity contribution in [1.82, 2.24) is 0 Å². The minimum Gasteiger partial charge on any atom is -0.493 e. The lowest BCUT2D eigenvalue weighted by Gasteiger charge is -2.15. The number of carbonyl (C=O) groups is 1. The third-order valence-corrected chi connectivity index (χ3v) is 5.67. The normalized spacial score (nSPS) is 14.1. The van der Waals surface area contributed by atoms with E-state index in [2.05, 4.69) is 20.9 Å². The van der Waals surface area contributed by atoms with Gasteiger partial charge in [0.1, 0.15) is 6.61 Å². The summed E-state index contributed by atoms with van der Waals surface area (Å²) in [6, 6.07) is 18.3. The Bertz CT molecular complexity index is 1230. The number of benzene rings is 3. The second-order valence-corrected chi connectivity index (χ2v) is 8.31. The molecule has 3 aromatic carbocycles. The Kier molecular flexibility index (Phi) is 7.01. The van der Waals surface area contributed by atoms with Crippen LogP contribution in [0.3, 0.4) is 0 Å². The third-order valence-electron chi connectivity index (χ3n) is 4.81. The van der Waals surface area contributed by atoms with Crippen molar-refractivity contribution in [2.24, 2.45) is 4.99 Å². The van der Waals surface area contributed by atoms with E-state index in [0.717, 1.165) is 10.0 Å². The van der Waals surface area contributed by atoms with Crippen LogP contribution in [0.1, 0.15) is 16.7 Å². The number of esters is 1. The van der Waals surface area contributed by atoms with Crippen LogP contribution in [0.25, 0.3) is 6.08 Å². The molecule has 0 aliphatic carbocycles. The molecule has 0 fully saturated rings. The summed E-state index contributed by atoms with van der Waals surface area (Å²) in [6.45, 7) is 0.332. The molecule has 0 amide bonds. The fourth-order valence-corrected chi connectivity index (χ4v) is 3.66. The Labute approximate surface area is 204 Å². The molecule has 8 heteroatoms.